The number of rotatable bonds is 5. The van der Waals surface area contributed by atoms with Gasteiger partial charge in [0.1, 0.15) is 0 Å². The predicted octanol–water partition coefficient (Wildman–Crippen LogP) is 0.168. The van der Waals surface area contributed by atoms with Gasteiger partial charge in [0.15, 0.2) is 0 Å². The number of carbonyl (C=O) groups is 2. The van der Waals surface area contributed by atoms with Crippen LogP contribution in [0.2, 0.25) is 0 Å². The normalized spacial score (nSPS) is 9.00. The summed E-state index contributed by atoms with van der Waals surface area (Å²) in [6, 6.07) is 0. The van der Waals surface area contributed by atoms with Gasteiger partial charge in [0.2, 0.25) is 0 Å². The maximum atomic E-state index is 10.5. The molecule has 0 spiro atoms. The molecule has 0 aromatic rings. The molecule has 0 bridgehead atoms. The lowest BCUT2D eigenvalue weighted by Crippen LogP contribution is -2.30. The average molecular weight is 194 g/mol. The third-order valence-electron chi connectivity index (χ3n) is 0.733. The van der Waals surface area contributed by atoms with E-state index in [1.54, 1.807) is 5.48 Å². The smallest absolute Gasteiger partial charge is 0.433 e. The van der Waals surface area contributed by atoms with Gasteiger partial charge < -0.3 is 9.84 Å². The first kappa shape index (κ1) is 11.5. The van der Waals surface area contributed by atoms with Crippen LogP contribution in [0.25, 0.3) is 0 Å². The van der Waals surface area contributed by atoms with Crippen LogP contribution in [0.15, 0.2) is 0 Å². The van der Waals surface area contributed by atoms with E-state index in [-0.39, 0.29) is 6.61 Å². The summed E-state index contributed by atoms with van der Waals surface area (Å²) in [5, 5.41) is 7.96. The number of ether oxygens (including phenoxy) is 1. The number of carboxylic acid groups (broad SMARTS) is 1. The molecule has 0 aliphatic heterocycles. The molecule has 0 aliphatic carbocycles. The van der Waals surface area contributed by atoms with E-state index in [1.165, 1.54) is 5.48 Å². The molecule has 76 valence electrons. The maximum absolute atomic E-state index is 10.5. The van der Waals surface area contributed by atoms with Gasteiger partial charge in [-0.3, -0.25) is 0 Å². The summed E-state index contributed by atoms with van der Waals surface area (Å²) in [5.41, 5.74) is 3.04. The fourth-order valence-corrected chi connectivity index (χ4v) is 0.336. The van der Waals surface area contributed by atoms with Crippen molar-refractivity contribution in [3.63, 3.8) is 0 Å². The Morgan fingerprint density at radius 3 is 2.46 bits per heavy atom. The number of hydroxylamine groups is 2. The zero-order chi connectivity index (χ0) is 10.1. The van der Waals surface area contributed by atoms with Gasteiger partial charge in [-0.1, -0.05) is 16.9 Å². The quantitative estimate of drug-likeness (QED) is 0.327. The zero-order valence-corrected chi connectivity index (χ0v) is 6.90. The predicted molar refractivity (Wildman–Crippen MR) is 38.1 cm³/mol. The number of hydrogen-bond donors (Lipinski definition) is 3. The van der Waals surface area contributed by atoms with Crippen LogP contribution in [-0.4, -0.2) is 23.9 Å². The third-order valence-corrected chi connectivity index (χ3v) is 0.733. The molecule has 0 fully saturated rings. The highest BCUT2D eigenvalue weighted by Crippen LogP contribution is 1.81. The second-order valence-corrected chi connectivity index (χ2v) is 1.81. The van der Waals surface area contributed by atoms with Crippen molar-refractivity contribution in [3.8, 4) is 0 Å². The highest BCUT2D eigenvalue weighted by atomic mass is 17.3. The lowest BCUT2D eigenvalue weighted by molar-refractivity contribution is -0.356. The molecule has 0 radical (unpaired) electrons. The average Bonchev–Trinajstić information content (AvgIpc) is 2.08. The lowest BCUT2D eigenvalue weighted by Gasteiger charge is -2.03. The van der Waals surface area contributed by atoms with E-state index in [0.29, 0.717) is 6.42 Å². The number of carbonyl (C=O) groups excluding carboxylic acids is 1. The maximum Gasteiger partial charge on any atom is 0.433 e. The minimum Gasteiger partial charge on any atom is -0.463 e. The van der Waals surface area contributed by atoms with E-state index in [0.717, 1.165) is 0 Å². The van der Waals surface area contributed by atoms with E-state index in [4.69, 9.17) is 5.11 Å². The highest BCUT2D eigenvalue weighted by Gasteiger charge is 2.01. The Morgan fingerprint density at radius 1 is 1.31 bits per heavy atom. The largest absolute Gasteiger partial charge is 0.463 e. The second-order valence-electron chi connectivity index (χ2n) is 1.81. The molecule has 13 heavy (non-hydrogen) atoms. The van der Waals surface area contributed by atoms with Crippen LogP contribution in [0.1, 0.15) is 13.3 Å². The Hall–Kier alpha value is -1.54. The van der Waals surface area contributed by atoms with Crippen LogP contribution in [0.5, 0.6) is 0 Å². The first-order valence-electron chi connectivity index (χ1n) is 3.41. The number of hydrogen-bond acceptors (Lipinski definition) is 5. The van der Waals surface area contributed by atoms with Gasteiger partial charge in [0.05, 0.1) is 6.61 Å². The minimum atomic E-state index is -1.45. The van der Waals surface area contributed by atoms with Crippen LogP contribution in [0.4, 0.5) is 9.59 Å². The summed E-state index contributed by atoms with van der Waals surface area (Å²) < 4.78 is 4.47. The van der Waals surface area contributed by atoms with E-state index in [1.807, 2.05) is 6.92 Å². The minimum absolute atomic E-state index is 0.238. The Balaban J connectivity index is 3.22. The molecule has 0 saturated heterocycles. The molecule has 0 heterocycles. The first-order valence-corrected chi connectivity index (χ1v) is 3.41. The molecule has 2 amide bonds. The summed E-state index contributed by atoms with van der Waals surface area (Å²) >= 11 is 0. The highest BCUT2D eigenvalue weighted by molar-refractivity contribution is 5.65. The van der Waals surface area contributed by atoms with E-state index in [9.17, 15) is 9.59 Å². The van der Waals surface area contributed by atoms with E-state index < -0.39 is 12.2 Å². The summed E-state index contributed by atoms with van der Waals surface area (Å²) in [7, 11) is 0. The van der Waals surface area contributed by atoms with Crippen LogP contribution >= 0.6 is 0 Å². The van der Waals surface area contributed by atoms with E-state index >= 15 is 0 Å². The third kappa shape index (κ3) is 8.37. The molecular weight excluding hydrogens is 184 g/mol. The molecule has 3 N–H and O–H groups in total. The summed E-state index contributed by atoms with van der Waals surface area (Å²) in [6.45, 7) is 2.05. The van der Waals surface area contributed by atoms with Gasteiger partial charge in [-0.2, -0.15) is 11.0 Å². The summed E-state index contributed by atoms with van der Waals surface area (Å²) in [5.74, 6) is 0. The van der Waals surface area contributed by atoms with Crippen molar-refractivity contribution < 1.29 is 29.4 Å². The molecule has 0 aromatic heterocycles. The molecule has 0 unspecified atom stereocenters. The Bertz CT molecular complexity index is 172. The van der Waals surface area contributed by atoms with Gasteiger partial charge in [-0.15, -0.1) is 0 Å². The molecule has 0 aromatic carbocycles. The van der Waals surface area contributed by atoms with Crippen molar-refractivity contribution in [1.29, 1.82) is 0 Å². The summed E-state index contributed by atoms with van der Waals surface area (Å²) in [4.78, 5) is 28.0. The molecule has 8 heteroatoms. The Labute approximate surface area is 73.6 Å². The number of amides is 2. The standard InChI is InChI=1S/C5H10N2O6/c1-2-3-11-5(10)7-13-12-6-4(8)9/h6H,2-3H2,1H3,(H,7,10)(H,8,9). The Morgan fingerprint density at radius 2 is 1.92 bits per heavy atom. The van der Waals surface area contributed by atoms with Gasteiger partial charge in [0.25, 0.3) is 0 Å². The van der Waals surface area contributed by atoms with Gasteiger partial charge in [0, 0.05) is 0 Å². The van der Waals surface area contributed by atoms with Crippen molar-refractivity contribution in [3.05, 3.63) is 0 Å². The van der Waals surface area contributed by atoms with Crippen molar-refractivity contribution in [2.75, 3.05) is 6.61 Å². The Kier molecular flexibility index (Phi) is 6.28. The van der Waals surface area contributed by atoms with Crippen molar-refractivity contribution in [1.82, 2.24) is 11.0 Å². The zero-order valence-electron chi connectivity index (χ0n) is 6.90. The summed E-state index contributed by atoms with van der Waals surface area (Å²) in [6.07, 6.45) is -1.65. The van der Waals surface area contributed by atoms with Crippen LogP contribution in [0, 0.1) is 0 Å². The fraction of sp³-hybridized carbons (Fsp3) is 0.600. The van der Waals surface area contributed by atoms with Gasteiger partial charge >= 0.3 is 12.2 Å². The van der Waals surface area contributed by atoms with Gasteiger partial charge in [-0.25, -0.2) is 9.59 Å². The monoisotopic (exact) mass is 194 g/mol. The topological polar surface area (TPSA) is 106 Å². The molecule has 0 rings (SSSR count). The molecule has 0 atom stereocenters. The van der Waals surface area contributed by atoms with Crippen molar-refractivity contribution >= 4 is 12.2 Å². The van der Waals surface area contributed by atoms with E-state index in [2.05, 4.69) is 14.7 Å². The van der Waals surface area contributed by atoms with Crippen LogP contribution < -0.4 is 11.0 Å². The molecule has 8 nitrogen and oxygen atoms in total. The fourth-order valence-electron chi connectivity index (χ4n) is 0.336. The molecule has 0 aliphatic rings. The van der Waals surface area contributed by atoms with Gasteiger partial charge in [-0.05, 0) is 6.42 Å². The molecular formula is C5H10N2O6. The van der Waals surface area contributed by atoms with Crippen molar-refractivity contribution in [2.24, 2.45) is 0 Å². The van der Waals surface area contributed by atoms with Crippen LogP contribution in [-0.2, 0) is 14.7 Å². The SMILES string of the molecule is CCCOC(=O)NOONC(=O)O. The van der Waals surface area contributed by atoms with Crippen LogP contribution in [0.3, 0.4) is 0 Å². The number of nitrogens with one attached hydrogen (secondary N) is 2. The first-order chi connectivity index (χ1) is 6.16. The second kappa shape index (κ2) is 7.13. The molecule has 0 saturated carbocycles. The van der Waals surface area contributed by atoms with Crippen molar-refractivity contribution in [2.45, 2.75) is 13.3 Å². The lowest BCUT2D eigenvalue weighted by atomic mass is 10.5.